The van der Waals surface area contributed by atoms with Gasteiger partial charge in [-0.3, -0.25) is 10.1 Å². The average Bonchev–Trinajstić information content (AvgIpc) is 2.88. The van der Waals surface area contributed by atoms with Crippen LogP contribution in [-0.2, 0) is 0 Å². The summed E-state index contributed by atoms with van der Waals surface area (Å²) in [6.45, 7) is 4.06. The van der Waals surface area contributed by atoms with Crippen LogP contribution in [0.25, 0.3) is 32.8 Å². The first-order valence-corrected chi connectivity index (χ1v) is 11.3. The van der Waals surface area contributed by atoms with Crippen LogP contribution in [0.4, 0.5) is 5.69 Å². The number of benzene rings is 4. The predicted molar refractivity (Wildman–Crippen MR) is 136 cm³/mol. The number of allylic oxidation sites excluding steroid dienone is 1. The lowest BCUT2D eigenvalue weighted by molar-refractivity contribution is -0.384. The third kappa shape index (κ3) is 3.07. The largest absolute Gasteiger partial charge is 0.439 e. The third-order valence-electron chi connectivity index (χ3n) is 6.82. The molecule has 2 N–H and O–H groups in total. The molecule has 4 aromatic carbocycles. The molecular weight excluding hydrogens is 454 g/mol. The van der Waals surface area contributed by atoms with Gasteiger partial charge in [0.2, 0.25) is 5.88 Å². The maximum absolute atomic E-state index is 11.2. The number of nitro groups is 1. The fraction of sp³-hybridized carbons (Fsp3) is 0.107. The first kappa shape index (κ1) is 21.5. The Kier molecular flexibility index (Phi) is 4.63. The fourth-order valence-corrected chi connectivity index (χ4v) is 4.90. The van der Waals surface area contributed by atoms with Crippen LogP contribution in [0.3, 0.4) is 0 Å². The van der Waals surface area contributed by atoms with E-state index in [0.717, 1.165) is 32.9 Å². The molecule has 36 heavy (non-hydrogen) atoms. The Balaban J connectivity index is 1.77. The van der Waals surface area contributed by atoms with Gasteiger partial charge in [-0.15, -0.1) is 0 Å². The van der Waals surface area contributed by atoms with E-state index < -0.39 is 10.8 Å². The standard InChI is InChI=1S/C28H19N5O3/c1-14-11-21-22(12-15(14)2)32-26-24-23(16-7-9-17(10-8-16)33(34)35)20(13-29)28(30)36-27(24)19-6-4-3-5-18(19)25(26)31-21/h3-12,23H,30H2,1-2H3. The van der Waals surface area contributed by atoms with Gasteiger partial charge < -0.3 is 10.5 Å². The number of nitrogens with two attached hydrogens (primary N) is 1. The zero-order valence-electron chi connectivity index (χ0n) is 19.4. The quantitative estimate of drug-likeness (QED) is 0.151. The number of ether oxygens (including phenoxy) is 1. The second-order valence-electron chi connectivity index (χ2n) is 8.91. The summed E-state index contributed by atoms with van der Waals surface area (Å²) in [5.74, 6) is -0.126. The number of hydrogen-bond acceptors (Lipinski definition) is 7. The second kappa shape index (κ2) is 7.75. The van der Waals surface area contributed by atoms with E-state index in [1.807, 2.05) is 50.2 Å². The van der Waals surface area contributed by atoms with Crippen molar-refractivity contribution >= 4 is 38.5 Å². The molecule has 8 nitrogen and oxygen atoms in total. The van der Waals surface area contributed by atoms with Crippen molar-refractivity contribution in [2.75, 3.05) is 0 Å². The molecule has 0 fully saturated rings. The van der Waals surface area contributed by atoms with Crippen molar-refractivity contribution in [3.63, 3.8) is 0 Å². The van der Waals surface area contributed by atoms with E-state index in [4.69, 9.17) is 20.4 Å². The summed E-state index contributed by atoms with van der Waals surface area (Å²) in [5.41, 5.74) is 12.8. The number of fused-ring (bicyclic) bond motifs is 7. The minimum absolute atomic E-state index is 0.00178. The first-order chi connectivity index (χ1) is 17.4. The lowest BCUT2D eigenvalue weighted by Crippen LogP contribution is -2.22. The van der Waals surface area contributed by atoms with Crippen molar-refractivity contribution in [2.45, 2.75) is 19.8 Å². The lowest BCUT2D eigenvalue weighted by Gasteiger charge is -2.28. The second-order valence-corrected chi connectivity index (χ2v) is 8.91. The SMILES string of the molecule is Cc1cc2nc3c4c(c5ccccc5c3nc2cc1C)OC(N)=C(C#N)C4c1ccc([N+](=O)[O-])cc1. The molecule has 0 saturated heterocycles. The summed E-state index contributed by atoms with van der Waals surface area (Å²) in [6, 6.07) is 20.1. The number of non-ortho nitro benzene ring substituents is 1. The topological polar surface area (TPSA) is 128 Å². The van der Waals surface area contributed by atoms with E-state index in [0.29, 0.717) is 27.9 Å². The number of rotatable bonds is 2. The summed E-state index contributed by atoms with van der Waals surface area (Å²) in [5, 5.41) is 23.0. The molecule has 1 atom stereocenters. The molecule has 8 heteroatoms. The van der Waals surface area contributed by atoms with Crippen LogP contribution in [0.1, 0.15) is 28.2 Å². The van der Waals surface area contributed by atoms with Gasteiger partial charge in [0.15, 0.2) is 0 Å². The molecule has 1 unspecified atom stereocenters. The van der Waals surface area contributed by atoms with Crippen molar-refractivity contribution in [1.82, 2.24) is 9.97 Å². The van der Waals surface area contributed by atoms with Crippen LogP contribution in [0.15, 0.2) is 72.1 Å². The van der Waals surface area contributed by atoms with Crippen LogP contribution in [-0.4, -0.2) is 14.9 Å². The van der Waals surface area contributed by atoms with Crippen molar-refractivity contribution in [2.24, 2.45) is 5.73 Å². The monoisotopic (exact) mass is 473 g/mol. The van der Waals surface area contributed by atoms with Gasteiger partial charge >= 0.3 is 0 Å². The highest BCUT2D eigenvalue weighted by Gasteiger charge is 2.35. The van der Waals surface area contributed by atoms with Gasteiger partial charge in [0.05, 0.1) is 32.9 Å². The van der Waals surface area contributed by atoms with Crippen LogP contribution in [0, 0.1) is 35.3 Å². The van der Waals surface area contributed by atoms with Gasteiger partial charge in [-0.25, -0.2) is 9.97 Å². The third-order valence-corrected chi connectivity index (χ3v) is 6.82. The Labute approximate surface area is 205 Å². The van der Waals surface area contributed by atoms with Crippen LogP contribution < -0.4 is 10.5 Å². The maximum Gasteiger partial charge on any atom is 0.269 e. The van der Waals surface area contributed by atoms with Crippen LogP contribution in [0.2, 0.25) is 0 Å². The van der Waals surface area contributed by atoms with Crippen molar-refractivity contribution in [3.05, 3.63) is 104 Å². The van der Waals surface area contributed by atoms with E-state index in [1.165, 1.54) is 12.1 Å². The molecule has 0 spiro atoms. The zero-order chi connectivity index (χ0) is 25.1. The Morgan fingerprint density at radius 1 is 0.972 bits per heavy atom. The average molecular weight is 473 g/mol. The van der Waals surface area contributed by atoms with E-state index in [-0.39, 0.29) is 17.1 Å². The Morgan fingerprint density at radius 3 is 2.19 bits per heavy atom. The fourth-order valence-electron chi connectivity index (χ4n) is 4.90. The zero-order valence-corrected chi connectivity index (χ0v) is 19.4. The van der Waals surface area contributed by atoms with Gasteiger partial charge in [-0.05, 0) is 42.7 Å². The number of nitro benzene ring substituents is 1. The van der Waals surface area contributed by atoms with E-state index in [2.05, 4.69) is 6.07 Å². The molecule has 1 aliphatic heterocycles. The highest BCUT2D eigenvalue weighted by atomic mass is 16.6. The lowest BCUT2D eigenvalue weighted by atomic mass is 9.81. The molecule has 6 rings (SSSR count). The maximum atomic E-state index is 11.2. The van der Waals surface area contributed by atoms with Crippen molar-refractivity contribution in [1.29, 1.82) is 5.26 Å². The summed E-state index contributed by atoms with van der Waals surface area (Å²) in [6.07, 6.45) is 0. The molecule has 1 aromatic heterocycles. The number of aryl methyl sites for hydroxylation is 2. The van der Waals surface area contributed by atoms with E-state index in [9.17, 15) is 15.4 Å². The van der Waals surface area contributed by atoms with Crippen LogP contribution >= 0.6 is 0 Å². The Hall–Kier alpha value is -5.03. The minimum Gasteiger partial charge on any atom is -0.439 e. The predicted octanol–water partition coefficient (Wildman–Crippen LogP) is 5.68. The minimum atomic E-state index is -0.634. The molecule has 0 bridgehead atoms. The number of aromatic nitrogens is 2. The molecule has 174 valence electrons. The number of nitrogens with zero attached hydrogens (tertiary/aromatic N) is 4. The Morgan fingerprint density at radius 2 is 1.58 bits per heavy atom. The number of hydrogen-bond donors (Lipinski definition) is 1. The van der Waals surface area contributed by atoms with Crippen molar-refractivity contribution < 1.29 is 9.66 Å². The van der Waals surface area contributed by atoms with Gasteiger partial charge in [-0.2, -0.15) is 5.26 Å². The Bertz CT molecular complexity index is 1840. The molecule has 5 aromatic rings. The van der Waals surface area contributed by atoms with Gasteiger partial charge in [-0.1, -0.05) is 36.4 Å². The first-order valence-electron chi connectivity index (χ1n) is 11.3. The highest BCUT2D eigenvalue weighted by molar-refractivity contribution is 6.11. The highest BCUT2D eigenvalue weighted by Crippen LogP contribution is 2.49. The molecular formula is C28H19N5O3. The normalized spacial score (nSPS) is 15.1. The van der Waals surface area contributed by atoms with E-state index in [1.54, 1.807) is 12.1 Å². The van der Waals surface area contributed by atoms with Gasteiger partial charge in [0, 0.05) is 28.5 Å². The molecule has 0 saturated carbocycles. The number of nitriles is 1. The summed E-state index contributed by atoms with van der Waals surface area (Å²) >= 11 is 0. The summed E-state index contributed by atoms with van der Waals surface area (Å²) in [7, 11) is 0. The molecule has 0 radical (unpaired) electrons. The molecule has 0 aliphatic carbocycles. The van der Waals surface area contributed by atoms with Gasteiger partial charge in [0.25, 0.3) is 5.69 Å². The molecule has 2 heterocycles. The summed E-state index contributed by atoms with van der Waals surface area (Å²) < 4.78 is 6.08. The van der Waals surface area contributed by atoms with Gasteiger partial charge in [0.1, 0.15) is 17.4 Å². The molecule has 0 amide bonds. The summed E-state index contributed by atoms with van der Waals surface area (Å²) in [4.78, 5) is 20.8. The van der Waals surface area contributed by atoms with Crippen LogP contribution in [0.5, 0.6) is 5.75 Å². The van der Waals surface area contributed by atoms with Crippen molar-refractivity contribution in [3.8, 4) is 11.8 Å². The smallest absolute Gasteiger partial charge is 0.269 e. The molecule has 1 aliphatic rings. The van der Waals surface area contributed by atoms with E-state index >= 15 is 0 Å².